The lowest BCUT2D eigenvalue weighted by molar-refractivity contribution is -0.116. The van der Waals surface area contributed by atoms with Crippen LogP contribution in [0.25, 0.3) is 0 Å². The molecule has 0 unspecified atom stereocenters. The molecule has 0 atom stereocenters. The molecule has 2 aromatic rings. The first-order valence-electron chi connectivity index (χ1n) is 9.57. The van der Waals surface area contributed by atoms with E-state index >= 15 is 0 Å². The molecule has 3 rings (SSSR count). The summed E-state index contributed by atoms with van der Waals surface area (Å²) < 4.78 is 5.18. The first-order chi connectivity index (χ1) is 14.1. The lowest BCUT2D eigenvalue weighted by Gasteiger charge is -2.36. The number of rotatable bonds is 5. The number of nitrogens with zero attached hydrogens (tertiary/aromatic N) is 4. The second-order valence-corrected chi connectivity index (χ2v) is 6.75. The Morgan fingerprint density at radius 2 is 1.93 bits per heavy atom. The second-order valence-electron chi connectivity index (χ2n) is 6.75. The Hall–Kier alpha value is -3.36. The fourth-order valence-electron chi connectivity index (χ4n) is 3.04. The number of carbonyl (C=O) groups excluding carboxylic acids is 2. The fraction of sp³-hybridized carbons (Fsp3) is 0.400. The maximum atomic E-state index is 12.3. The van der Waals surface area contributed by atoms with Gasteiger partial charge in [-0.3, -0.25) is 14.6 Å². The van der Waals surface area contributed by atoms with Crippen LogP contribution in [0, 0.1) is 6.92 Å². The van der Waals surface area contributed by atoms with E-state index in [4.69, 9.17) is 4.42 Å². The first-order valence-corrected chi connectivity index (χ1v) is 9.57. The van der Waals surface area contributed by atoms with Crippen molar-refractivity contribution < 1.29 is 14.0 Å². The van der Waals surface area contributed by atoms with Crippen molar-refractivity contribution in [3.8, 4) is 0 Å². The predicted molar refractivity (Wildman–Crippen MR) is 110 cm³/mol. The van der Waals surface area contributed by atoms with Crippen molar-refractivity contribution in [3.05, 3.63) is 48.0 Å². The molecule has 2 N–H and O–H groups in total. The number of hydrogen-bond donors (Lipinski definition) is 2. The molecule has 2 aromatic heterocycles. The van der Waals surface area contributed by atoms with Crippen molar-refractivity contribution >= 4 is 23.6 Å². The number of aryl methyl sites for hydroxylation is 1. The Morgan fingerprint density at radius 3 is 2.55 bits per heavy atom. The number of amides is 2. The first kappa shape index (κ1) is 20.4. The topological polar surface area (TPSA) is 103 Å². The highest BCUT2D eigenvalue weighted by Gasteiger charge is 2.25. The van der Waals surface area contributed by atoms with E-state index in [1.807, 2.05) is 13.0 Å². The number of anilines is 1. The highest BCUT2D eigenvalue weighted by Crippen LogP contribution is 2.09. The Labute approximate surface area is 169 Å². The lowest BCUT2D eigenvalue weighted by Crippen LogP contribution is -2.54. The summed E-state index contributed by atoms with van der Waals surface area (Å²) in [6.07, 6.45) is 3.51. The predicted octanol–water partition coefficient (Wildman–Crippen LogP) is 1.35. The van der Waals surface area contributed by atoms with Gasteiger partial charge in [-0.2, -0.15) is 0 Å². The normalized spacial score (nSPS) is 14.6. The number of carbonyl (C=O) groups is 2. The second kappa shape index (κ2) is 9.72. The molecule has 0 radical (unpaired) electrons. The summed E-state index contributed by atoms with van der Waals surface area (Å²) in [7, 11) is 1.71. The van der Waals surface area contributed by atoms with Gasteiger partial charge in [0.25, 0.3) is 5.91 Å². The average molecular weight is 398 g/mol. The van der Waals surface area contributed by atoms with Gasteiger partial charge >= 0.3 is 0 Å². The van der Waals surface area contributed by atoms with Gasteiger partial charge in [0.15, 0.2) is 11.7 Å². The zero-order valence-corrected chi connectivity index (χ0v) is 16.7. The minimum Gasteiger partial charge on any atom is -0.459 e. The number of aliphatic imine (C=N–C) groups is 1. The van der Waals surface area contributed by atoms with Crippen molar-refractivity contribution in [3.63, 3.8) is 0 Å². The van der Waals surface area contributed by atoms with Crippen molar-refractivity contribution in [1.29, 1.82) is 0 Å². The summed E-state index contributed by atoms with van der Waals surface area (Å²) in [6.45, 7) is 4.88. The van der Waals surface area contributed by atoms with Crippen LogP contribution in [0.15, 0.2) is 46.1 Å². The van der Waals surface area contributed by atoms with E-state index in [1.165, 1.54) is 6.26 Å². The Bertz CT molecular complexity index is 840. The van der Waals surface area contributed by atoms with E-state index in [0.29, 0.717) is 50.7 Å². The van der Waals surface area contributed by atoms with Crippen molar-refractivity contribution in [2.45, 2.75) is 13.3 Å². The van der Waals surface area contributed by atoms with E-state index in [9.17, 15) is 9.59 Å². The van der Waals surface area contributed by atoms with Crippen molar-refractivity contribution in [1.82, 2.24) is 20.1 Å². The Balaban J connectivity index is 1.41. The molecule has 29 heavy (non-hydrogen) atoms. The lowest BCUT2D eigenvalue weighted by atomic mass is 10.3. The third-order valence-corrected chi connectivity index (χ3v) is 4.62. The van der Waals surface area contributed by atoms with E-state index in [1.54, 1.807) is 36.3 Å². The highest BCUT2D eigenvalue weighted by molar-refractivity contribution is 5.92. The summed E-state index contributed by atoms with van der Waals surface area (Å²) in [4.78, 5) is 36.7. The van der Waals surface area contributed by atoms with Gasteiger partial charge in [0, 0.05) is 52.4 Å². The molecule has 0 bridgehead atoms. The molecular weight excluding hydrogens is 372 g/mol. The Morgan fingerprint density at radius 1 is 1.17 bits per heavy atom. The number of aromatic nitrogens is 1. The minimum absolute atomic E-state index is 0.0982. The summed E-state index contributed by atoms with van der Waals surface area (Å²) >= 11 is 0. The summed E-state index contributed by atoms with van der Waals surface area (Å²) in [5.41, 5.74) is 1.04. The summed E-state index contributed by atoms with van der Waals surface area (Å²) in [5.74, 6) is 1.41. The van der Waals surface area contributed by atoms with Gasteiger partial charge in [0.1, 0.15) is 5.82 Å². The zero-order valence-electron chi connectivity index (χ0n) is 16.7. The molecule has 1 fully saturated rings. The van der Waals surface area contributed by atoms with Gasteiger partial charge in [-0.05, 0) is 30.7 Å². The van der Waals surface area contributed by atoms with E-state index in [0.717, 1.165) is 11.5 Å². The van der Waals surface area contributed by atoms with Crippen LogP contribution in [-0.4, -0.2) is 72.3 Å². The monoisotopic (exact) mass is 398 g/mol. The van der Waals surface area contributed by atoms with Crippen LogP contribution in [0.1, 0.15) is 22.5 Å². The van der Waals surface area contributed by atoms with Crippen LogP contribution in [-0.2, 0) is 4.79 Å². The maximum Gasteiger partial charge on any atom is 0.289 e. The molecule has 0 saturated carbocycles. The Kier molecular flexibility index (Phi) is 6.83. The van der Waals surface area contributed by atoms with Crippen LogP contribution in [0.2, 0.25) is 0 Å². The van der Waals surface area contributed by atoms with Gasteiger partial charge in [0.05, 0.1) is 6.26 Å². The van der Waals surface area contributed by atoms with Crippen LogP contribution in [0.5, 0.6) is 0 Å². The van der Waals surface area contributed by atoms with Gasteiger partial charge in [-0.1, -0.05) is 6.07 Å². The largest absolute Gasteiger partial charge is 0.459 e. The minimum atomic E-state index is -0.113. The molecule has 9 nitrogen and oxygen atoms in total. The molecule has 0 spiro atoms. The molecule has 1 aliphatic rings. The highest BCUT2D eigenvalue weighted by atomic mass is 16.3. The number of furan rings is 1. The number of guanidine groups is 1. The fourth-order valence-corrected chi connectivity index (χ4v) is 3.04. The van der Waals surface area contributed by atoms with Crippen LogP contribution < -0.4 is 10.6 Å². The van der Waals surface area contributed by atoms with Crippen molar-refractivity contribution in [2.75, 3.05) is 45.1 Å². The molecular formula is C20H26N6O3. The number of hydrogen-bond acceptors (Lipinski definition) is 5. The number of piperazine rings is 1. The molecule has 1 saturated heterocycles. The molecule has 1 aliphatic heterocycles. The van der Waals surface area contributed by atoms with Crippen molar-refractivity contribution in [2.24, 2.45) is 4.99 Å². The molecule has 9 heteroatoms. The molecule has 3 heterocycles. The smallest absolute Gasteiger partial charge is 0.289 e. The zero-order chi connectivity index (χ0) is 20.6. The molecule has 154 valence electrons. The maximum absolute atomic E-state index is 12.3. The molecule has 0 aromatic carbocycles. The van der Waals surface area contributed by atoms with Gasteiger partial charge in [-0.15, -0.1) is 0 Å². The van der Waals surface area contributed by atoms with E-state index in [-0.39, 0.29) is 11.8 Å². The third-order valence-electron chi connectivity index (χ3n) is 4.62. The van der Waals surface area contributed by atoms with Crippen LogP contribution in [0.4, 0.5) is 5.82 Å². The average Bonchev–Trinajstić information content (AvgIpc) is 3.27. The summed E-state index contributed by atoms with van der Waals surface area (Å²) in [5, 5.41) is 5.98. The number of pyridine rings is 1. The van der Waals surface area contributed by atoms with Crippen LogP contribution >= 0.6 is 0 Å². The SMILES string of the molecule is CN=C(NCCC(=O)Nc1ccc(C)cn1)N1CCN(C(=O)c2ccco2)CC1. The molecule has 2 amide bonds. The van der Waals surface area contributed by atoms with Gasteiger partial charge in [0.2, 0.25) is 5.91 Å². The third kappa shape index (κ3) is 5.56. The summed E-state index contributed by atoms with van der Waals surface area (Å²) in [6, 6.07) is 7.06. The van der Waals surface area contributed by atoms with Gasteiger partial charge < -0.3 is 24.9 Å². The van der Waals surface area contributed by atoms with Crippen LogP contribution in [0.3, 0.4) is 0 Å². The van der Waals surface area contributed by atoms with E-state index in [2.05, 4.69) is 25.5 Å². The number of nitrogens with one attached hydrogen (secondary N) is 2. The van der Waals surface area contributed by atoms with E-state index < -0.39 is 0 Å². The van der Waals surface area contributed by atoms with Gasteiger partial charge in [-0.25, -0.2) is 4.98 Å². The standard InChI is InChI=1S/C20H26N6O3/c1-15-5-6-17(23-14-15)24-18(27)7-8-22-20(21-2)26-11-9-25(10-12-26)19(28)16-4-3-13-29-16/h3-6,13-14H,7-12H2,1-2H3,(H,21,22)(H,23,24,27). The molecule has 0 aliphatic carbocycles. The quantitative estimate of drug-likeness (QED) is 0.582.